The first-order chi connectivity index (χ1) is 13.2. The summed E-state index contributed by atoms with van der Waals surface area (Å²) in [4.78, 5) is 11.8. The number of amides is 1. The van der Waals surface area contributed by atoms with Gasteiger partial charge in [-0.05, 0) is 41.5 Å². The van der Waals surface area contributed by atoms with Crippen LogP contribution in [0, 0.1) is 0 Å². The molecule has 5 heteroatoms. The molecule has 0 saturated heterocycles. The van der Waals surface area contributed by atoms with Gasteiger partial charge in [0.1, 0.15) is 12.4 Å². The van der Waals surface area contributed by atoms with Gasteiger partial charge < -0.3 is 4.74 Å². The molecule has 3 aromatic carbocycles. The van der Waals surface area contributed by atoms with Gasteiger partial charge in [0.25, 0.3) is 0 Å². The standard InChI is InChI=1S/C22H19ClN2O2/c23-21-9-5-4-8-19(21)16-27-20-12-10-18(11-13-20)15-24-25-22(26)14-17-6-2-1-3-7-17/h1-13,15H,14,16H2,(H,25,26). The van der Waals surface area contributed by atoms with Crippen LogP contribution in [0.25, 0.3) is 0 Å². The van der Waals surface area contributed by atoms with Crippen molar-refractivity contribution < 1.29 is 9.53 Å². The number of carbonyl (C=O) groups excluding carboxylic acids is 1. The molecule has 27 heavy (non-hydrogen) atoms. The van der Waals surface area contributed by atoms with Crippen molar-refractivity contribution >= 4 is 23.7 Å². The van der Waals surface area contributed by atoms with Gasteiger partial charge in [0.05, 0.1) is 12.6 Å². The molecule has 0 aliphatic rings. The van der Waals surface area contributed by atoms with Crippen LogP contribution in [0.4, 0.5) is 0 Å². The Morgan fingerprint density at radius 2 is 1.67 bits per heavy atom. The highest BCUT2D eigenvalue weighted by Crippen LogP contribution is 2.18. The smallest absolute Gasteiger partial charge is 0.244 e. The number of hydrogen-bond acceptors (Lipinski definition) is 3. The summed E-state index contributed by atoms with van der Waals surface area (Å²) in [5.41, 5.74) is 5.28. The van der Waals surface area contributed by atoms with Crippen LogP contribution < -0.4 is 10.2 Å². The van der Waals surface area contributed by atoms with E-state index in [1.165, 1.54) is 0 Å². The van der Waals surface area contributed by atoms with Crippen molar-refractivity contribution in [3.8, 4) is 5.75 Å². The lowest BCUT2D eigenvalue weighted by Crippen LogP contribution is -2.19. The Hall–Kier alpha value is -3.11. The highest BCUT2D eigenvalue weighted by molar-refractivity contribution is 6.31. The van der Waals surface area contributed by atoms with Gasteiger partial charge in [0.2, 0.25) is 5.91 Å². The molecule has 0 unspecified atom stereocenters. The number of halogens is 1. The summed E-state index contributed by atoms with van der Waals surface area (Å²) in [7, 11) is 0. The Morgan fingerprint density at radius 1 is 0.963 bits per heavy atom. The Bertz CT molecular complexity index is 909. The number of nitrogens with zero attached hydrogens (tertiary/aromatic N) is 1. The van der Waals surface area contributed by atoms with Gasteiger partial charge in [-0.2, -0.15) is 5.10 Å². The second-order valence-corrected chi connectivity index (χ2v) is 6.31. The first-order valence-electron chi connectivity index (χ1n) is 8.53. The van der Waals surface area contributed by atoms with Crippen molar-refractivity contribution in [3.05, 3.63) is 101 Å². The average molecular weight is 379 g/mol. The van der Waals surface area contributed by atoms with Crippen LogP contribution in [-0.2, 0) is 17.8 Å². The summed E-state index contributed by atoms with van der Waals surface area (Å²) in [5, 5.41) is 4.68. The van der Waals surface area contributed by atoms with Crippen LogP contribution >= 0.6 is 11.6 Å². The number of ether oxygens (including phenoxy) is 1. The maximum absolute atomic E-state index is 11.8. The van der Waals surface area contributed by atoms with E-state index in [1.54, 1.807) is 6.21 Å². The zero-order valence-electron chi connectivity index (χ0n) is 14.6. The van der Waals surface area contributed by atoms with Gasteiger partial charge in [-0.15, -0.1) is 0 Å². The minimum atomic E-state index is -0.155. The quantitative estimate of drug-likeness (QED) is 0.482. The summed E-state index contributed by atoms with van der Waals surface area (Å²) in [6.45, 7) is 0.405. The van der Waals surface area contributed by atoms with Crippen molar-refractivity contribution in [2.24, 2.45) is 5.10 Å². The first kappa shape index (κ1) is 18.7. The monoisotopic (exact) mass is 378 g/mol. The minimum absolute atomic E-state index is 0.155. The van der Waals surface area contributed by atoms with Crippen molar-refractivity contribution in [1.29, 1.82) is 0 Å². The topological polar surface area (TPSA) is 50.7 Å². The molecular weight excluding hydrogens is 360 g/mol. The molecule has 0 radical (unpaired) electrons. The molecule has 3 aromatic rings. The third-order valence-corrected chi connectivity index (χ3v) is 4.21. The molecule has 0 spiro atoms. The van der Waals surface area contributed by atoms with Gasteiger partial charge in [0.15, 0.2) is 0 Å². The van der Waals surface area contributed by atoms with E-state index in [0.29, 0.717) is 18.1 Å². The van der Waals surface area contributed by atoms with Crippen LogP contribution in [0.1, 0.15) is 16.7 Å². The normalized spacial score (nSPS) is 10.7. The van der Waals surface area contributed by atoms with Crippen LogP contribution in [0.3, 0.4) is 0 Å². The molecular formula is C22H19ClN2O2. The molecule has 4 nitrogen and oxygen atoms in total. The lowest BCUT2D eigenvalue weighted by Gasteiger charge is -2.07. The van der Waals surface area contributed by atoms with Gasteiger partial charge in [0, 0.05) is 10.6 Å². The largest absolute Gasteiger partial charge is 0.489 e. The van der Waals surface area contributed by atoms with E-state index >= 15 is 0 Å². The molecule has 0 aliphatic heterocycles. The highest BCUT2D eigenvalue weighted by atomic mass is 35.5. The molecule has 0 aliphatic carbocycles. The van der Waals surface area contributed by atoms with Gasteiger partial charge in [-0.25, -0.2) is 5.43 Å². The Balaban J connectivity index is 1.48. The second-order valence-electron chi connectivity index (χ2n) is 5.90. The van der Waals surface area contributed by atoms with Crippen molar-refractivity contribution in [3.63, 3.8) is 0 Å². The molecule has 1 amide bonds. The molecule has 0 heterocycles. The van der Waals surface area contributed by atoms with E-state index in [-0.39, 0.29) is 5.91 Å². The third-order valence-electron chi connectivity index (χ3n) is 3.84. The van der Waals surface area contributed by atoms with Crippen molar-refractivity contribution in [2.75, 3.05) is 0 Å². The predicted octanol–water partition coefficient (Wildman–Crippen LogP) is 4.61. The highest BCUT2D eigenvalue weighted by Gasteiger charge is 2.02. The van der Waals surface area contributed by atoms with Crippen LogP contribution in [0.15, 0.2) is 84.0 Å². The van der Waals surface area contributed by atoms with E-state index in [1.807, 2.05) is 78.9 Å². The number of hydrogen-bond donors (Lipinski definition) is 1. The summed E-state index contributed by atoms with van der Waals surface area (Å²) in [6, 6.07) is 24.6. The van der Waals surface area contributed by atoms with Crippen LogP contribution in [0.2, 0.25) is 5.02 Å². The van der Waals surface area contributed by atoms with Crippen LogP contribution in [-0.4, -0.2) is 12.1 Å². The predicted molar refractivity (Wildman–Crippen MR) is 108 cm³/mol. The maximum Gasteiger partial charge on any atom is 0.244 e. The molecule has 0 fully saturated rings. The molecule has 0 saturated carbocycles. The van der Waals surface area contributed by atoms with Gasteiger partial charge in [-0.1, -0.05) is 60.1 Å². The number of hydrazone groups is 1. The van der Waals surface area contributed by atoms with Gasteiger partial charge >= 0.3 is 0 Å². The van der Waals surface area contributed by atoms with Crippen molar-refractivity contribution in [2.45, 2.75) is 13.0 Å². The third kappa shape index (κ3) is 5.97. The fourth-order valence-corrected chi connectivity index (χ4v) is 2.62. The molecule has 0 bridgehead atoms. The molecule has 136 valence electrons. The van der Waals surface area contributed by atoms with E-state index in [0.717, 1.165) is 22.4 Å². The second kappa shape index (κ2) is 9.55. The zero-order valence-corrected chi connectivity index (χ0v) is 15.4. The summed E-state index contributed by atoms with van der Waals surface area (Å²) in [6.07, 6.45) is 1.90. The maximum atomic E-state index is 11.8. The minimum Gasteiger partial charge on any atom is -0.489 e. The van der Waals surface area contributed by atoms with Crippen LogP contribution in [0.5, 0.6) is 5.75 Å². The Kier molecular flexibility index (Phi) is 6.61. The zero-order chi connectivity index (χ0) is 18.9. The van der Waals surface area contributed by atoms with E-state index in [9.17, 15) is 4.79 Å². The first-order valence-corrected chi connectivity index (χ1v) is 8.90. The average Bonchev–Trinajstić information content (AvgIpc) is 2.69. The SMILES string of the molecule is O=C(Cc1ccccc1)NN=Cc1ccc(OCc2ccccc2Cl)cc1. The lowest BCUT2D eigenvalue weighted by atomic mass is 10.1. The summed E-state index contributed by atoms with van der Waals surface area (Å²) < 4.78 is 5.74. The van der Waals surface area contributed by atoms with E-state index < -0.39 is 0 Å². The van der Waals surface area contributed by atoms with Gasteiger partial charge in [-0.3, -0.25) is 4.79 Å². The molecule has 0 atom stereocenters. The number of benzene rings is 3. The number of nitrogens with one attached hydrogen (secondary N) is 1. The fraction of sp³-hybridized carbons (Fsp3) is 0.0909. The number of carbonyl (C=O) groups is 1. The molecule has 1 N–H and O–H groups in total. The Morgan fingerprint density at radius 3 is 2.41 bits per heavy atom. The fourth-order valence-electron chi connectivity index (χ4n) is 2.43. The Labute approximate surface area is 163 Å². The molecule has 3 rings (SSSR count). The van der Waals surface area contributed by atoms with Crippen molar-refractivity contribution in [1.82, 2.24) is 5.43 Å². The van der Waals surface area contributed by atoms with E-state index in [4.69, 9.17) is 16.3 Å². The van der Waals surface area contributed by atoms with E-state index in [2.05, 4.69) is 10.5 Å². The summed E-state index contributed by atoms with van der Waals surface area (Å²) in [5.74, 6) is 0.581. The lowest BCUT2D eigenvalue weighted by molar-refractivity contribution is -0.120. The summed E-state index contributed by atoms with van der Waals surface area (Å²) >= 11 is 6.12. The number of rotatable bonds is 7. The molecule has 0 aromatic heterocycles.